The van der Waals surface area contributed by atoms with Crippen LogP contribution in [0.5, 0.6) is 0 Å². The van der Waals surface area contributed by atoms with Crippen LogP contribution in [-0.2, 0) is 0 Å². The van der Waals surface area contributed by atoms with Crippen molar-refractivity contribution >= 4 is 17.3 Å². The van der Waals surface area contributed by atoms with E-state index in [1.165, 1.54) is 12.8 Å². The number of nitrogens with two attached hydrogens (primary N) is 1. The molecule has 1 aliphatic carbocycles. The Morgan fingerprint density at radius 1 is 1.38 bits per heavy atom. The van der Waals surface area contributed by atoms with Crippen molar-refractivity contribution in [3.63, 3.8) is 0 Å². The Morgan fingerprint density at radius 3 is 2.88 bits per heavy atom. The summed E-state index contributed by atoms with van der Waals surface area (Å²) in [5, 5.41) is 5.01. The minimum absolute atomic E-state index is 0.599. The summed E-state index contributed by atoms with van der Waals surface area (Å²) in [5.41, 5.74) is 8.68. The van der Waals surface area contributed by atoms with E-state index in [1.54, 1.807) is 6.07 Å². The SMILES string of the molecule is Nc1cc(Cl)ccc1-c1cnn(C2CC2)c1. The van der Waals surface area contributed by atoms with Crippen molar-refractivity contribution in [1.82, 2.24) is 9.78 Å². The minimum atomic E-state index is 0.599. The lowest BCUT2D eigenvalue weighted by molar-refractivity contribution is 0.642. The first-order valence-corrected chi connectivity index (χ1v) is 5.71. The molecule has 0 bridgehead atoms. The lowest BCUT2D eigenvalue weighted by Gasteiger charge is -2.02. The Morgan fingerprint density at radius 2 is 2.19 bits per heavy atom. The van der Waals surface area contributed by atoms with Gasteiger partial charge in [-0.3, -0.25) is 4.68 Å². The summed E-state index contributed by atoms with van der Waals surface area (Å²) in [4.78, 5) is 0. The minimum Gasteiger partial charge on any atom is -0.398 e. The van der Waals surface area contributed by atoms with Crippen molar-refractivity contribution in [1.29, 1.82) is 0 Å². The van der Waals surface area contributed by atoms with Crippen LogP contribution in [0.25, 0.3) is 11.1 Å². The molecule has 1 aromatic carbocycles. The molecule has 0 spiro atoms. The normalized spacial score (nSPS) is 15.3. The Kier molecular flexibility index (Phi) is 2.14. The maximum Gasteiger partial charge on any atom is 0.0569 e. The monoisotopic (exact) mass is 233 g/mol. The largest absolute Gasteiger partial charge is 0.398 e. The summed E-state index contributed by atoms with van der Waals surface area (Å²) in [7, 11) is 0. The molecule has 0 amide bonds. The van der Waals surface area contributed by atoms with Crippen LogP contribution in [0, 0.1) is 0 Å². The van der Waals surface area contributed by atoms with E-state index in [4.69, 9.17) is 17.3 Å². The predicted octanol–water partition coefficient (Wildman–Crippen LogP) is 3.12. The lowest BCUT2D eigenvalue weighted by atomic mass is 10.1. The molecule has 0 atom stereocenters. The van der Waals surface area contributed by atoms with E-state index < -0.39 is 0 Å². The number of benzene rings is 1. The second-order valence-corrected chi connectivity index (χ2v) is 4.61. The molecular weight excluding hydrogens is 222 g/mol. The maximum atomic E-state index is 5.93. The summed E-state index contributed by atoms with van der Waals surface area (Å²) in [6.07, 6.45) is 6.38. The molecule has 1 saturated carbocycles. The molecule has 1 heterocycles. The highest BCUT2D eigenvalue weighted by Gasteiger charge is 2.24. The van der Waals surface area contributed by atoms with Gasteiger partial charge in [0.1, 0.15) is 0 Å². The van der Waals surface area contributed by atoms with Crippen LogP contribution < -0.4 is 5.73 Å². The van der Waals surface area contributed by atoms with Crippen molar-refractivity contribution in [2.24, 2.45) is 0 Å². The van der Waals surface area contributed by atoms with Crippen molar-refractivity contribution < 1.29 is 0 Å². The van der Waals surface area contributed by atoms with Crippen LogP contribution >= 0.6 is 11.6 Å². The van der Waals surface area contributed by atoms with Crippen LogP contribution in [0.1, 0.15) is 18.9 Å². The smallest absolute Gasteiger partial charge is 0.0569 e. The Labute approximate surface area is 98.8 Å². The molecule has 0 saturated heterocycles. The summed E-state index contributed by atoms with van der Waals surface area (Å²) in [5.74, 6) is 0. The average Bonchev–Trinajstić information content (AvgIpc) is 2.98. The fraction of sp³-hybridized carbons (Fsp3) is 0.250. The van der Waals surface area contributed by atoms with Gasteiger partial charge in [0.15, 0.2) is 0 Å². The van der Waals surface area contributed by atoms with Gasteiger partial charge in [0.2, 0.25) is 0 Å². The molecule has 2 N–H and O–H groups in total. The van der Waals surface area contributed by atoms with Gasteiger partial charge in [0, 0.05) is 28.0 Å². The Bertz CT molecular complexity index is 529. The van der Waals surface area contributed by atoms with E-state index in [1.807, 2.05) is 23.0 Å². The Balaban J connectivity index is 2.00. The quantitative estimate of drug-likeness (QED) is 0.810. The molecular formula is C12H12ClN3. The van der Waals surface area contributed by atoms with Gasteiger partial charge in [-0.15, -0.1) is 0 Å². The number of rotatable bonds is 2. The maximum absolute atomic E-state index is 5.93. The first-order valence-electron chi connectivity index (χ1n) is 5.33. The molecule has 2 aromatic rings. The van der Waals surface area contributed by atoms with Gasteiger partial charge in [0.25, 0.3) is 0 Å². The van der Waals surface area contributed by atoms with Crippen LogP contribution in [0.15, 0.2) is 30.6 Å². The van der Waals surface area contributed by atoms with Crippen molar-refractivity contribution in [2.75, 3.05) is 5.73 Å². The van der Waals surface area contributed by atoms with Crippen molar-refractivity contribution in [2.45, 2.75) is 18.9 Å². The van der Waals surface area contributed by atoms with E-state index in [0.717, 1.165) is 11.1 Å². The van der Waals surface area contributed by atoms with Crippen molar-refractivity contribution in [3.05, 3.63) is 35.6 Å². The van der Waals surface area contributed by atoms with E-state index in [-0.39, 0.29) is 0 Å². The molecule has 1 fully saturated rings. The second kappa shape index (κ2) is 3.52. The first kappa shape index (κ1) is 9.73. The molecule has 0 unspecified atom stereocenters. The van der Waals surface area contributed by atoms with E-state index >= 15 is 0 Å². The fourth-order valence-electron chi connectivity index (χ4n) is 1.81. The molecule has 0 radical (unpaired) electrons. The number of nitrogens with zero attached hydrogens (tertiary/aromatic N) is 2. The highest BCUT2D eigenvalue weighted by molar-refractivity contribution is 6.31. The number of hydrogen-bond acceptors (Lipinski definition) is 2. The molecule has 4 heteroatoms. The molecule has 16 heavy (non-hydrogen) atoms. The van der Waals surface area contributed by atoms with E-state index in [0.29, 0.717) is 16.8 Å². The molecule has 0 aliphatic heterocycles. The first-order chi connectivity index (χ1) is 7.74. The highest BCUT2D eigenvalue weighted by atomic mass is 35.5. The molecule has 3 rings (SSSR count). The van der Waals surface area contributed by atoms with Crippen LogP contribution in [0.4, 0.5) is 5.69 Å². The van der Waals surface area contributed by atoms with E-state index in [9.17, 15) is 0 Å². The number of nitrogen functional groups attached to an aromatic ring is 1. The van der Waals surface area contributed by atoms with Gasteiger partial charge in [-0.1, -0.05) is 17.7 Å². The molecule has 1 aliphatic rings. The molecule has 1 aromatic heterocycles. The zero-order valence-electron chi connectivity index (χ0n) is 8.73. The molecule has 3 nitrogen and oxygen atoms in total. The van der Waals surface area contributed by atoms with Gasteiger partial charge in [-0.2, -0.15) is 5.10 Å². The van der Waals surface area contributed by atoms with Crippen LogP contribution in [-0.4, -0.2) is 9.78 Å². The topological polar surface area (TPSA) is 43.8 Å². The number of anilines is 1. The predicted molar refractivity (Wildman–Crippen MR) is 65.4 cm³/mol. The summed E-state index contributed by atoms with van der Waals surface area (Å²) < 4.78 is 2.02. The van der Waals surface area contributed by atoms with Crippen LogP contribution in [0.3, 0.4) is 0 Å². The number of halogens is 1. The lowest BCUT2D eigenvalue weighted by Crippen LogP contribution is -1.92. The zero-order valence-corrected chi connectivity index (χ0v) is 9.48. The Hall–Kier alpha value is -1.48. The second-order valence-electron chi connectivity index (χ2n) is 4.17. The number of hydrogen-bond donors (Lipinski definition) is 1. The fourth-order valence-corrected chi connectivity index (χ4v) is 1.99. The van der Waals surface area contributed by atoms with Gasteiger partial charge in [-0.05, 0) is 25.0 Å². The summed E-state index contributed by atoms with van der Waals surface area (Å²) in [6.45, 7) is 0. The highest BCUT2D eigenvalue weighted by Crippen LogP contribution is 2.36. The average molecular weight is 234 g/mol. The number of aromatic nitrogens is 2. The van der Waals surface area contributed by atoms with Gasteiger partial charge >= 0.3 is 0 Å². The third kappa shape index (κ3) is 1.67. The van der Waals surface area contributed by atoms with Crippen molar-refractivity contribution in [3.8, 4) is 11.1 Å². The third-order valence-electron chi connectivity index (χ3n) is 2.85. The van der Waals surface area contributed by atoms with Gasteiger partial charge in [-0.25, -0.2) is 0 Å². The van der Waals surface area contributed by atoms with Gasteiger partial charge in [0.05, 0.1) is 12.2 Å². The molecule has 82 valence electrons. The zero-order chi connectivity index (χ0) is 11.1. The van der Waals surface area contributed by atoms with E-state index in [2.05, 4.69) is 11.3 Å². The standard InChI is InChI=1S/C12H12ClN3/c13-9-1-4-11(12(14)5-9)8-6-15-16(7-8)10-2-3-10/h1,4-7,10H,2-3,14H2. The van der Waals surface area contributed by atoms with Crippen LogP contribution in [0.2, 0.25) is 5.02 Å². The van der Waals surface area contributed by atoms with Gasteiger partial charge < -0.3 is 5.73 Å². The third-order valence-corrected chi connectivity index (χ3v) is 3.08. The summed E-state index contributed by atoms with van der Waals surface area (Å²) >= 11 is 5.87. The summed E-state index contributed by atoms with van der Waals surface area (Å²) in [6, 6.07) is 6.15.